The van der Waals surface area contributed by atoms with Gasteiger partial charge < -0.3 is 9.67 Å². The second kappa shape index (κ2) is 9.89. The first-order chi connectivity index (χ1) is 14.9. The number of benzene rings is 1. The Morgan fingerprint density at radius 1 is 1.23 bits per heavy atom. The van der Waals surface area contributed by atoms with E-state index < -0.39 is 12.1 Å². The fourth-order valence-electron chi connectivity index (χ4n) is 3.78. The first kappa shape index (κ1) is 22.0. The Hall–Kier alpha value is -3.67. The van der Waals surface area contributed by atoms with E-state index in [2.05, 4.69) is 4.98 Å². The lowest BCUT2D eigenvalue weighted by molar-refractivity contribution is 0.110. The normalized spacial score (nSPS) is 13.9. The summed E-state index contributed by atoms with van der Waals surface area (Å²) in [7, 11) is 1.66. The van der Waals surface area contributed by atoms with Crippen molar-refractivity contribution in [1.82, 2.24) is 19.4 Å². The van der Waals surface area contributed by atoms with Gasteiger partial charge in [0.1, 0.15) is 0 Å². The molecule has 3 amide bonds. The van der Waals surface area contributed by atoms with E-state index in [1.165, 1.54) is 10.8 Å². The summed E-state index contributed by atoms with van der Waals surface area (Å²) in [6.07, 6.45) is 7.90. The van der Waals surface area contributed by atoms with E-state index in [0.717, 1.165) is 40.2 Å². The number of carbonyl (C=O) groups is 2. The molecular weight excluding hydrogens is 398 g/mol. The topological polar surface area (TPSA) is 120 Å². The van der Waals surface area contributed by atoms with Crippen molar-refractivity contribution in [1.29, 1.82) is 5.26 Å². The number of carboxylic acid groups (broad SMARTS) is 1. The van der Waals surface area contributed by atoms with Crippen molar-refractivity contribution in [3.8, 4) is 17.5 Å². The van der Waals surface area contributed by atoms with Crippen LogP contribution in [-0.4, -0.2) is 49.2 Å². The average molecular weight is 423 g/mol. The molecule has 9 heteroatoms. The predicted octanol–water partition coefficient (Wildman–Crippen LogP) is 3.21. The lowest BCUT2D eigenvalue weighted by Gasteiger charge is -2.32. The van der Waals surface area contributed by atoms with Crippen LogP contribution in [0.3, 0.4) is 0 Å². The molecule has 1 aromatic heterocycles. The number of rotatable bonds is 5. The quantitative estimate of drug-likeness (QED) is 0.582. The number of amides is 3. The van der Waals surface area contributed by atoms with Gasteiger partial charge in [0.25, 0.3) is 5.56 Å². The second-order valence-corrected chi connectivity index (χ2v) is 7.65. The first-order valence-electron chi connectivity index (χ1n) is 10.3. The van der Waals surface area contributed by atoms with Gasteiger partial charge in [-0.1, -0.05) is 43.5 Å². The number of nitrogens with zero attached hydrogens (tertiary/aromatic N) is 5. The average Bonchev–Trinajstić information content (AvgIpc) is 2.77. The zero-order valence-corrected chi connectivity index (χ0v) is 17.4. The molecule has 0 bridgehead atoms. The molecule has 0 unspecified atom stereocenters. The van der Waals surface area contributed by atoms with Crippen molar-refractivity contribution in [2.75, 3.05) is 6.54 Å². The molecule has 2 aromatic rings. The number of hydrogen-bond acceptors (Lipinski definition) is 5. The summed E-state index contributed by atoms with van der Waals surface area (Å²) in [5.41, 5.74) is 2.19. The molecule has 0 atom stereocenters. The van der Waals surface area contributed by atoms with E-state index in [-0.39, 0.29) is 18.1 Å². The minimum absolute atomic E-state index is 0.0866. The van der Waals surface area contributed by atoms with Crippen LogP contribution in [0, 0.1) is 11.5 Å². The minimum atomic E-state index is -1.31. The summed E-state index contributed by atoms with van der Waals surface area (Å²) in [6, 6.07) is 6.27. The second-order valence-electron chi connectivity index (χ2n) is 7.65. The third-order valence-electron chi connectivity index (χ3n) is 5.56. The van der Waals surface area contributed by atoms with Crippen molar-refractivity contribution < 1.29 is 14.7 Å². The van der Waals surface area contributed by atoms with Gasteiger partial charge in [0, 0.05) is 31.4 Å². The lowest BCUT2D eigenvalue weighted by Crippen LogP contribution is -2.50. The van der Waals surface area contributed by atoms with Gasteiger partial charge >= 0.3 is 12.1 Å². The van der Waals surface area contributed by atoms with Gasteiger partial charge in [-0.05, 0) is 24.8 Å². The van der Waals surface area contributed by atoms with Gasteiger partial charge in [-0.3, -0.25) is 4.79 Å². The lowest BCUT2D eigenvalue weighted by atomic mass is 9.94. The van der Waals surface area contributed by atoms with Gasteiger partial charge in [0.2, 0.25) is 0 Å². The highest BCUT2D eigenvalue weighted by Crippen LogP contribution is 2.24. The number of urea groups is 1. The molecule has 0 saturated heterocycles. The summed E-state index contributed by atoms with van der Waals surface area (Å²) >= 11 is 0. The number of carbonyl (C=O) groups excluding carboxylic acids is 1. The molecule has 31 heavy (non-hydrogen) atoms. The van der Waals surface area contributed by atoms with Gasteiger partial charge in [-0.15, -0.1) is 0 Å². The summed E-state index contributed by atoms with van der Waals surface area (Å²) < 4.78 is 1.45. The summed E-state index contributed by atoms with van der Waals surface area (Å²) in [6.45, 7) is 0.0866. The highest BCUT2D eigenvalue weighted by atomic mass is 16.4. The maximum atomic E-state index is 12.7. The Balaban J connectivity index is 1.66. The van der Waals surface area contributed by atoms with Crippen molar-refractivity contribution in [3.05, 3.63) is 52.6 Å². The Labute approximate surface area is 180 Å². The fraction of sp³-hybridized carbons (Fsp3) is 0.409. The maximum Gasteiger partial charge on any atom is 0.415 e. The number of aryl methyl sites for hydroxylation is 1. The zero-order chi connectivity index (χ0) is 22.4. The Kier molecular flexibility index (Phi) is 7.03. The van der Waals surface area contributed by atoms with Crippen LogP contribution in [0.15, 0.2) is 41.5 Å². The molecule has 1 saturated carbocycles. The van der Waals surface area contributed by atoms with Gasteiger partial charge in [0.15, 0.2) is 6.19 Å². The molecule has 0 aliphatic heterocycles. The molecule has 1 heterocycles. The fourth-order valence-corrected chi connectivity index (χ4v) is 3.78. The largest absolute Gasteiger partial charge is 0.465 e. The molecule has 1 aliphatic carbocycles. The van der Waals surface area contributed by atoms with E-state index in [0.29, 0.717) is 25.0 Å². The molecule has 3 rings (SSSR count). The highest BCUT2D eigenvalue weighted by Gasteiger charge is 2.33. The van der Waals surface area contributed by atoms with E-state index in [1.807, 2.05) is 30.5 Å². The molecule has 1 fully saturated rings. The third-order valence-corrected chi connectivity index (χ3v) is 5.56. The van der Waals surface area contributed by atoms with Crippen LogP contribution in [0.25, 0.3) is 11.3 Å². The summed E-state index contributed by atoms with van der Waals surface area (Å²) in [5.74, 6) is 0. The Morgan fingerprint density at radius 3 is 2.48 bits per heavy atom. The number of aromatic nitrogens is 2. The summed E-state index contributed by atoms with van der Waals surface area (Å²) in [4.78, 5) is 41.8. The van der Waals surface area contributed by atoms with Gasteiger partial charge in [0.05, 0.1) is 11.9 Å². The molecule has 0 radical (unpaired) electrons. The highest BCUT2D eigenvalue weighted by molar-refractivity contribution is 5.91. The molecule has 162 valence electrons. The Morgan fingerprint density at radius 2 is 1.90 bits per heavy atom. The van der Waals surface area contributed by atoms with Crippen LogP contribution in [0.4, 0.5) is 9.59 Å². The van der Waals surface area contributed by atoms with E-state index >= 15 is 0 Å². The van der Waals surface area contributed by atoms with Crippen LogP contribution in [0.2, 0.25) is 0 Å². The van der Waals surface area contributed by atoms with Crippen LogP contribution >= 0.6 is 0 Å². The maximum absolute atomic E-state index is 12.7. The van der Waals surface area contributed by atoms with Gasteiger partial charge in [-0.25, -0.2) is 24.4 Å². The van der Waals surface area contributed by atoms with E-state index in [9.17, 15) is 24.8 Å². The molecule has 9 nitrogen and oxygen atoms in total. The SMILES string of the molecule is Cn1cc(-c2ccc(CCN(C#N)C(=O)N(C(=O)O)C3CCCCC3)cc2)ncc1=O. The smallest absolute Gasteiger partial charge is 0.415 e. The van der Waals surface area contributed by atoms with Crippen LogP contribution in [0.1, 0.15) is 37.7 Å². The van der Waals surface area contributed by atoms with Crippen molar-refractivity contribution >= 4 is 12.1 Å². The van der Waals surface area contributed by atoms with Crippen LogP contribution in [0.5, 0.6) is 0 Å². The Bertz CT molecular complexity index is 1040. The van der Waals surface area contributed by atoms with Crippen molar-refractivity contribution in [3.63, 3.8) is 0 Å². The molecule has 1 aliphatic rings. The third kappa shape index (κ3) is 5.28. The number of nitriles is 1. The van der Waals surface area contributed by atoms with Gasteiger partial charge in [-0.2, -0.15) is 5.26 Å². The predicted molar refractivity (Wildman–Crippen MR) is 113 cm³/mol. The first-order valence-corrected chi connectivity index (χ1v) is 10.3. The van der Waals surface area contributed by atoms with Crippen molar-refractivity contribution in [2.45, 2.75) is 44.6 Å². The number of hydrogen-bond donors (Lipinski definition) is 1. The van der Waals surface area contributed by atoms with Crippen LogP contribution < -0.4 is 5.56 Å². The zero-order valence-electron chi connectivity index (χ0n) is 17.4. The van der Waals surface area contributed by atoms with E-state index in [4.69, 9.17) is 0 Å². The molecule has 1 N–H and O–H groups in total. The number of imide groups is 1. The molecular formula is C22H25N5O4. The van der Waals surface area contributed by atoms with Crippen molar-refractivity contribution in [2.24, 2.45) is 7.05 Å². The van der Waals surface area contributed by atoms with E-state index in [1.54, 1.807) is 13.2 Å². The minimum Gasteiger partial charge on any atom is -0.465 e. The monoisotopic (exact) mass is 423 g/mol. The standard InChI is InChI=1S/C22H25N5O4/c1-25-14-19(24-13-20(25)28)17-9-7-16(8-10-17)11-12-26(15-23)21(29)27(22(30)31)18-5-3-2-4-6-18/h7-10,13-14,18H,2-6,11-12H2,1H3,(H,30,31). The van der Waals surface area contributed by atoms with Crippen LogP contribution in [-0.2, 0) is 13.5 Å². The molecule has 0 spiro atoms. The molecule has 1 aromatic carbocycles. The summed E-state index contributed by atoms with van der Waals surface area (Å²) in [5, 5.41) is 19.0.